The number of hydrogen-bond donors (Lipinski definition) is 1. The average molecular weight is 347 g/mol. The average Bonchev–Trinajstić information content (AvgIpc) is 2.53. The van der Waals surface area contributed by atoms with Crippen LogP contribution in [0.3, 0.4) is 0 Å². The van der Waals surface area contributed by atoms with E-state index in [1.807, 2.05) is 56.0 Å². The Morgan fingerprint density at radius 3 is 2.64 bits per heavy atom. The second-order valence-corrected chi connectivity index (χ2v) is 7.29. The molecule has 1 N–H and O–H groups in total. The molecule has 1 aliphatic heterocycles. The number of amides is 3. The first kappa shape index (κ1) is 19.2. The molecule has 0 spiro atoms. The van der Waals surface area contributed by atoms with Gasteiger partial charge in [-0.2, -0.15) is 0 Å². The number of nitrogens with zero attached hydrogens (tertiary/aromatic N) is 2. The van der Waals surface area contributed by atoms with E-state index in [9.17, 15) is 9.59 Å². The molecule has 0 bridgehead atoms. The molecule has 0 aromatic heterocycles. The standard InChI is InChI=1S/C19H29N3O3/c1-15-12-22(14-19(2,3)25-15)17(23)10-11-20-18(24)21(4)13-16-8-6-5-7-9-16/h5-9,15H,10-14H2,1-4H3,(H,20,24)/t15-/m1/s1. The summed E-state index contributed by atoms with van der Waals surface area (Å²) in [6, 6.07) is 9.63. The van der Waals surface area contributed by atoms with Gasteiger partial charge in [-0.15, -0.1) is 0 Å². The quantitative estimate of drug-likeness (QED) is 0.889. The molecule has 0 saturated carbocycles. The van der Waals surface area contributed by atoms with E-state index in [4.69, 9.17) is 4.74 Å². The maximum Gasteiger partial charge on any atom is 0.317 e. The van der Waals surface area contributed by atoms with Crippen molar-refractivity contribution in [2.24, 2.45) is 0 Å². The summed E-state index contributed by atoms with van der Waals surface area (Å²) in [5, 5.41) is 2.81. The van der Waals surface area contributed by atoms with Gasteiger partial charge in [-0.05, 0) is 26.3 Å². The predicted molar refractivity (Wildman–Crippen MR) is 97.1 cm³/mol. The Labute approximate surface area is 150 Å². The van der Waals surface area contributed by atoms with Gasteiger partial charge in [0.15, 0.2) is 0 Å². The fraction of sp³-hybridized carbons (Fsp3) is 0.579. The molecule has 1 aromatic carbocycles. The zero-order valence-corrected chi connectivity index (χ0v) is 15.6. The molecule has 2 rings (SSSR count). The van der Waals surface area contributed by atoms with Gasteiger partial charge in [0.2, 0.25) is 5.91 Å². The van der Waals surface area contributed by atoms with Gasteiger partial charge in [-0.1, -0.05) is 30.3 Å². The number of carbonyl (C=O) groups excluding carboxylic acids is 2. The number of hydrogen-bond acceptors (Lipinski definition) is 3. The molecule has 3 amide bonds. The molecule has 1 saturated heterocycles. The summed E-state index contributed by atoms with van der Waals surface area (Å²) in [4.78, 5) is 27.9. The Kier molecular flexibility index (Phi) is 6.42. The van der Waals surface area contributed by atoms with Crippen molar-refractivity contribution in [3.63, 3.8) is 0 Å². The lowest BCUT2D eigenvalue weighted by atomic mass is 10.1. The summed E-state index contributed by atoms with van der Waals surface area (Å²) in [5.74, 6) is 0.0502. The molecule has 1 fully saturated rings. The second-order valence-electron chi connectivity index (χ2n) is 7.29. The van der Waals surface area contributed by atoms with Crippen LogP contribution in [0.2, 0.25) is 0 Å². The van der Waals surface area contributed by atoms with Crippen molar-refractivity contribution in [2.75, 3.05) is 26.7 Å². The highest BCUT2D eigenvalue weighted by molar-refractivity contribution is 5.78. The fourth-order valence-electron chi connectivity index (χ4n) is 3.14. The van der Waals surface area contributed by atoms with Crippen LogP contribution in [0.4, 0.5) is 4.79 Å². The topological polar surface area (TPSA) is 61.9 Å². The third kappa shape index (κ3) is 6.05. The summed E-state index contributed by atoms with van der Waals surface area (Å²) < 4.78 is 5.81. The zero-order valence-electron chi connectivity index (χ0n) is 15.6. The highest BCUT2D eigenvalue weighted by Crippen LogP contribution is 2.21. The Morgan fingerprint density at radius 1 is 1.32 bits per heavy atom. The summed E-state index contributed by atoms with van der Waals surface area (Å²) >= 11 is 0. The Bertz CT molecular complexity index is 589. The number of nitrogens with one attached hydrogen (secondary N) is 1. The van der Waals surface area contributed by atoms with E-state index in [0.29, 0.717) is 32.6 Å². The van der Waals surface area contributed by atoms with E-state index in [2.05, 4.69) is 5.32 Å². The van der Waals surface area contributed by atoms with Gasteiger partial charge < -0.3 is 19.9 Å². The first-order chi connectivity index (χ1) is 11.8. The van der Waals surface area contributed by atoms with Crippen LogP contribution in [-0.4, -0.2) is 60.1 Å². The van der Waals surface area contributed by atoms with E-state index < -0.39 is 0 Å². The minimum atomic E-state index is -0.327. The SMILES string of the molecule is C[C@@H]1CN(C(=O)CCNC(=O)N(C)Cc2ccccc2)CC(C)(C)O1. The first-order valence-corrected chi connectivity index (χ1v) is 8.75. The number of benzene rings is 1. The van der Waals surface area contributed by atoms with Crippen molar-refractivity contribution in [1.82, 2.24) is 15.1 Å². The number of morpholine rings is 1. The van der Waals surface area contributed by atoms with Crippen LogP contribution in [0.25, 0.3) is 0 Å². The van der Waals surface area contributed by atoms with Crippen molar-refractivity contribution < 1.29 is 14.3 Å². The lowest BCUT2D eigenvalue weighted by Crippen LogP contribution is -2.54. The molecule has 6 heteroatoms. The third-order valence-electron chi connectivity index (χ3n) is 4.15. The van der Waals surface area contributed by atoms with Crippen molar-refractivity contribution in [3.05, 3.63) is 35.9 Å². The largest absolute Gasteiger partial charge is 0.369 e. The summed E-state index contributed by atoms with van der Waals surface area (Å²) in [5.41, 5.74) is 0.743. The summed E-state index contributed by atoms with van der Waals surface area (Å²) in [7, 11) is 1.75. The minimum absolute atomic E-state index is 0.0271. The van der Waals surface area contributed by atoms with Crippen LogP contribution < -0.4 is 5.32 Å². The van der Waals surface area contributed by atoms with Crippen LogP contribution in [0.15, 0.2) is 30.3 Å². The monoisotopic (exact) mass is 347 g/mol. The van der Waals surface area contributed by atoms with E-state index in [-0.39, 0.29) is 23.6 Å². The molecular weight excluding hydrogens is 318 g/mol. The Hall–Kier alpha value is -2.08. The number of carbonyl (C=O) groups is 2. The highest BCUT2D eigenvalue weighted by Gasteiger charge is 2.33. The first-order valence-electron chi connectivity index (χ1n) is 8.75. The summed E-state index contributed by atoms with van der Waals surface area (Å²) in [6.45, 7) is 8.01. The zero-order chi connectivity index (χ0) is 18.4. The van der Waals surface area contributed by atoms with Crippen LogP contribution in [0, 0.1) is 0 Å². The van der Waals surface area contributed by atoms with E-state index in [0.717, 1.165) is 5.56 Å². The maximum absolute atomic E-state index is 12.4. The summed E-state index contributed by atoms with van der Waals surface area (Å²) in [6.07, 6.45) is 0.326. The molecule has 1 atom stereocenters. The van der Waals surface area contributed by atoms with Crippen LogP contribution in [0.1, 0.15) is 32.8 Å². The molecule has 6 nitrogen and oxygen atoms in total. The van der Waals surface area contributed by atoms with Gasteiger partial charge in [0.25, 0.3) is 0 Å². The minimum Gasteiger partial charge on any atom is -0.369 e. The van der Waals surface area contributed by atoms with Gasteiger partial charge in [0.1, 0.15) is 0 Å². The molecule has 25 heavy (non-hydrogen) atoms. The molecular formula is C19H29N3O3. The Morgan fingerprint density at radius 2 is 2.00 bits per heavy atom. The van der Waals surface area contributed by atoms with Gasteiger partial charge in [0, 0.05) is 39.6 Å². The molecule has 1 aliphatic rings. The van der Waals surface area contributed by atoms with Gasteiger partial charge in [-0.25, -0.2) is 4.79 Å². The third-order valence-corrected chi connectivity index (χ3v) is 4.15. The van der Waals surface area contributed by atoms with E-state index >= 15 is 0 Å². The van der Waals surface area contributed by atoms with Gasteiger partial charge >= 0.3 is 6.03 Å². The van der Waals surface area contributed by atoms with Crippen molar-refractivity contribution in [1.29, 1.82) is 0 Å². The lowest BCUT2D eigenvalue weighted by molar-refractivity contribution is -0.158. The predicted octanol–water partition coefficient (Wildman–Crippen LogP) is 2.24. The number of urea groups is 1. The molecule has 1 aromatic rings. The van der Waals surface area contributed by atoms with Crippen molar-refractivity contribution in [2.45, 2.75) is 45.4 Å². The molecule has 0 unspecified atom stereocenters. The Balaban J connectivity index is 1.74. The molecule has 0 radical (unpaired) electrons. The normalized spacial score (nSPS) is 19.4. The lowest BCUT2D eigenvalue weighted by Gasteiger charge is -2.41. The van der Waals surface area contributed by atoms with Crippen molar-refractivity contribution >= 4 is 11.9 Å². The van der Waals surface area contributed by atoms with Crippen LogP contribution in [0.5, 0.6) is 0 Å². The maximum atomic E-state index is 12.4. The van der Waals surface area contributed by atoms with Gasteiger partial charge in [0.05, 0.1) is 11.7 Å². The van der Waals surface area contributed by atoms with E-state index in [1.54, 1.807) is 11.9 Å². The highest BCUT2D eigenvalue weighted by atomic mass is 16.5. The molecule has 0 aliphatic carbocycles. The number of ether oxygens (including phenoxy) is 1. The van der Waals surface area contributed by atoms with E-state index in [1.165, 1.54) is 0 Å². The smallest absolute Gasteiger partial charge is 0.317 e. The fourth-order valence-corrected chi connectivity index (χ4v) is 3.14. The van der Waals surface area contributed by atoms with Crippen LogP contribution in [-0.2, 0) is 16.1 Å². The van der Waals surface area contributed by atoms with Crippen molar-refractivity contribution in [3.8, 4) is 0 Å². The second kappa shape index (κ2) is 8.34. The molecule has 138 valence electrons. The number of rotatable bonds is 5. The molecule has 1 heterocycles. The van der Waals surface area contributed by atoms with Crippen LogP contribution >= 0.6 is 0 Å². The van der Waals surface area contributed by atoms with Gasteiger partial charge in [-0.3, -0.25) is 4.79 Å².